The van der Waals surface area contributed by atoms with Gasteiger partial charge in [-0.25, -0.2) is 9.37 Å². The van der Waals surface area contributed by atoms with Crippen molar-refractivity contribution < 1.29 is 9.18 Å². The van der Waals surface area contributed by atoms with Crippen LogP contribution in [-0.4, -0.2) is 10.9 Å². The van der Waals surface area contributed by atoms with E-state index >= 15 is 0 Å². The Hall–Kier alpha value is -2.53. The quantitative estimate of drug-likeness (QED) is 0.628. The molecule has 2 unspecified atom stereocenters. The Morgan fingerprint density at radius 2 is 2.00 bits per heavy atom. The Morgan fingerprint density at radius 3 is 2.81 bits per heavy atom. The highest BCUT2D eigenvalue weighted by Crippen LogP contribution is 2.39. The number of hydrogen-bond donors (Lipinski definition) is 1. The molecule has 1 amide bonds. The summed E-state index contributed by atoms with van der Waals surface area (Å²) in [6, 6.07) is 12.5. The number of aryl methyl sites for hydroxylation is 1. The van der Waals surface area contributed by atoms with Gasteiger partial charge in [-0.15, -0.1) is 11.3 Å². The van der Waals surface area contributed by atoms with Gasteiger partial charge in [0.2, 0.25) is 5.91 Å². The number of allylic oxidation sites excluding steroid dienone is 2. The van der Waals surface area contributed by atoms with Gasteiger partial charge in [-0.05, 0) is 55.7 Å². The van der Waals surface area contributed by atoms with Crippen molar-refractivity contribution in [1.29, 1.82) is 0 Å². The normalized spacial score (nSPS) is 19.6. The van der Waals surface area contributed by atoms with Crippen LogP contribution >= 0.6 is 11.3 Å². The summed E-state index contributed by atoms with van der Waals surface area (Å²) in [4.78, 5) is 17.7. The van der Waals surface area contributed by atoms with Gasteiger partial charge in [0.1, 0.15) is 5.82 Å². The average Bonchev–Trinajstić information content (AvgIpc) is 3.08. The summed E-state index contributed by atoms with van der Waals surface area (Å²) in [5.74, 6) is -0.440. The molecule has 1 N–H and O–H groups in total. The fraction of sp³-hybridized carbons (Fsp3) is 0.238. The van der Waals surface area contributed by atoms with E-state index in [1.807, 2.05) is 18.2 Å². The molecule has 0 radical (unpaired) electrons. The number of thiazole rings is 1. The number of rotatable bonds is 3. The second-order valence-electron chi connectivity index (χ2n) is 6.62. The number of carbonyl (C=O) groups is 1. The van der Waals surface area contributed by atoms with Gasteiger partial charge in [0.05, 0.1) is 21.1 Å². The van der Waals surface area contributed by atoms with Crippen LogP contribution in [0.2, 0.25) is 0 Å². The number of aromatic nitrogens is 1. The molecule has 0 bridgehead atoms. The lowest BCUT2D eigenvalue weighted by molar-refractivity contribution is -0.120. The summed E-state index contributed by atoms with van der Waals surface area (Å²) in [5.41, 5.74) is 2.37. The summed E-state index contributed by atoms with van der Waals surface area (Å²) in [6.45, 7) is 1.80. The van der Waals surface area contributed by atoms with Gasteiger partial charge in [0, 0.05) is 11.6 Å². The second-order valence-corrected chi connectivity index (χ2v) is 7.69. The maximum Gasteiger partial charge on any atom is 0.228 e. The van der Waals surface area contributed by atoms with E-state index in [-0.39, 0.29) is 23.6 Å². The largest absolute Gasteiger partial charge is 0.326 e. The number of nitrogens with zero attached hydrogens (tertiary/aromatic N) is 1. The monoisotopic (exact) mass is 366 g/mol. The van der Waals surface area contributed by atoms with E-state index in [0.717, 1.165) is 27.2 Å². The lowest BCUT2D eigenvalue weighted by atomic mass is 9.82. The molecule has 0 fully saturated rings. The molecule has 132 valence electrons. The highest BCUT2D eigenvalue weighted by Gasteiger charge is 2.32. The van der Waals surface area contributed by atoms with Gasteiger partial charge >= 0.3 is 0 Å². The predicted molar refractivity (Wildman–Crippen MR) is 104 cm³/mol. The highest BCUT2D eigenvalue weighted by molar-refractivity contribution is 7.18. The first kappa shape index (κ1) is 16.9. The van der Waals surface area contributed by atoms with Gasteiger partial charge in [-0.3, -0.25) is 4.79 Å². The van der Waals surface area contributed by atoms with Gasteiger partial charge in [0.25, 0.3) is 0 Å². The average molecular weight is 366 g/mol. The zero-order valence-electron chi connectivity index (χ0n) is 14.4. The zero-order chi connectivity index (χ0) is 18.1. The number of carbonyl (C=O) groups excluding carboxylic acids is 1. The minimum atomic E-state index is -0.298. The van der Waals surface area contributed by atoms with Crippen molar-refractivity contribution in [3.63, 3.8) is 0 Å². The molecule has 4 rings (SSSR count). The van der Waals surface area contributed by atoms with Gasteiger partial charge in [-0.1, -0.05) is 24.3 Å². The van der Waals surface area contributed by atoms with E-state index in [0.29, 0.717) is 12.1 Å². The molecular formula is C21H19FN2OS. The molecule has 1 aliphatic carbocycles. The smallest absolute Gasteiger partial charge is 0.228 e. The number of anilines is 1. The number of nitrogens with one attached hydrogen (secondary N) is 1. The fourth-order valence-electron chi connectivity index (χ4n) is 3.42. The SMILES string of the molecule is Cc1cc(F)ccc1NC(=O)C1CC=CCC1c1nc2ccccc2s1. The van der Waals surface area contributed by atoms with Crippen LogP contribution in [-0.2, 0) is 4.79 Å². The fourth-order valence-corrected chi connectivity index (χ4v) is 4.56. The molecule has 1 aromatic heterocycles. The minimum absolute atomic E-state index is 0.0340. The highest BCUT2D eigenvalue weighted by atomic mass is 32.1. The molecule has 0 aliphatic heterocycles. The van der Waals surface area contributed by atoms with Crippen LogP contribution in [0.1, 0.15) is 29.3 Å². The first-order chi connectivity index (χ1) is 12.6. The summed E-state index contributed by atoms with van der Waals surface area (Å²) in [7, 11) is 0. The third-order valence-electron chi connectivity index (χ3n) is 4.84. The Balaban J connectivity index is 1.60. The van der Waals surface area contributed by atoms with Crippen molar-refractivity contribution in [2.45, 2.75) is 25.7 Å². The maximum atomic E-state index is 13.3. The third-order valence-corrected chi connectivity index (χ3v) is 6.01. The van der Waals surface area contributed by atoms with Gasteiger partial charge in [-0.2, -0.15) is 0 Å². The Labute approximate surface area is 155 Å². The minimum Gasteiger partial charge on any atom is -0.326 e. The molecule has 3 aromatic rings. The van der Waals surface area contributed by atoms with Gasteiger partial charge < -0.3 is 5.32 Å². The summed E-state index contributed by atoms with van der Waals surface area (Å²) < 4.78 is 14.4. The van der Waals surface area contributed by atoms with E-state index in [9.17, 15) is 9.18 Å². The third kappa shape index (κ3) is 3.27. The van der Waals surface area contributed by atoms with Crippen molar-refractivity contribution in [3.8, 4) is 0 Å². The number of hydrogen-bond acceptors (Lipinski definition) is 3. The summed E-state index contributed by atoms with van der Waals surface area (Å²) >= 11 is 1.66. The van der Waals surface area contributed by atoms with Crippen molar-refractivity contribution in [2.24, 2.45) is 5.92 Å². The van der Waals surface area contributed by atoms with Crippen LogP contribution < -0.4 is 5.32 Å². The van der Waals surface area contributed by atoms with E-state index in [1.165, 1.54) is 12.1 Å². The Bertz CT molecular complexity index is 962. The molecule has 0 saturated carbocycles. The standard InChI is InChI=1S/C21H19FN2OS/c1-13-12-14(22)10-11-17(13)23-20(25)15-6-2-3-7-16(15)21-24-18-8-4-5-9-19(18)26-21/h2-5,8-12,15-16H,6-7H2,1H3,(H,23,25). The Morgan fingerprint density at radius 1 is 1.19 bits per heavy atom. The topological polar surface area (TPSA) is 42.0 Å². The van der Waals surface area contributed by atoms with Crippen LogP contribution in [0.25, 0.3) is 10.2 Å². The summed E-state index contributed by atoms with van der Waals surface area (Å²) in [5, 5.41) is 3.98. The Kier molecular flexibility index (Phi) is 4.55. The lowest BCUT2D eigenvalue weighted by Gasteiger charge is -2.26. The number of fused-ring (bicyclic) bond motifs is 1. The van der Waals surface area contributed by atoms with Crippen molar-refractivity contribution in [3.05, 3.63) is 71.0 Å². The molecular weight excluding hydrogens is 347 g/mol. The molecule has 5 heteroatoms. The van der Waals surface area contributed by atoms with Crippen LogP contribution in [0.3, 0.4) is 0 Å². The summed E-state index contributed by atoms with van der Waals surface area (Å²) in [6.07, 6.45) is 5.68. The molecule has 1 heterocycles. The van der Waals surface area contributed by atoms with Crippen LogP contribution in [0, 0.1) is 18.7 Å². The molecule has 0 spiro atoms. The molecule has 2 aromatic carbocycles. The maximum absolute atomic E-state index is 13.3. The first-order valence-electron chi connectivity index (χ1n) is 8.69. The number of benzene rings is 2. The first-order valence-corrected chi connectivity index (χ1v) is 9.51. The van der Waals surface area contributed by atoms with E-state index in [1.54, 1.807) is 24.3 Å². The molecule has 26 heavy (non-hydrogen) atoms. The van der Waals surface area contributed by atoms with E-state index < -0.39 is 0 Å². The van der Waals surface area contributed by atoms with Crippen LogP contribution in [0.4, 0.5) is 10.1 Å². The van der Waals surface area contributed by atoms with Crippen molar-refractivity contribution >= 4 is 33.1 Å². The molecule has 2 atom stereocenters. The van der Waals surface area contributed by atoms with E-state index in [4.69, 9.17) is 4.98 Å². The molecule has 1 aliphatic rings. The van der Waals surface area contributed by atoms with E-state index in [2.05, 4.69) is 23.5 Å². The van der Waals surface area contributed by atoms with Crippen molar-refractivity contribution in [2.75, 3.05) is 5.32 Å². The lowest BCUT2D eigenvalue weighted by Crippen LogP contribution is -2.29. The molecule has 3 nitrogen and oxygen atoms in total. The van der Waals surface area contributed by atoms with Gasteiger partial charge in [0.15, 0.2) is 0 Å². The predicted octanol–water partition coefficient (Wildman–Crippen LogP) is 5.43. The zero-order valence-corrected chi connectivity index (χ0v) is 15.2. The van der Waals surface area contributed by atoms with Crippen molar-refractivity contribution in [1.82, 2.24) is 4.98 Å². The second kappa shape index (κ2) is 7.00. The number of amides is 1. The van der Waals surface area contributed by atoms with Crippen LogP contribution in [0.5, 0.6) is 0 Å². The number of halogens is 1. The van der Waals surface area contributed by atoms with Crippen LogP contribution in [0.15, 0.2) is 54.6 Å². The number of para-hydroxylation sites is 1. The molecule has 0 saturated heterocycles.